The van der Waals surface area contributed by atoms with Crippen LogP contribution in [0.4, 0.5) is 0 Å². The number of aryl methyl sites for hydroxylation is 2. The second-order valence-electron chi connectivity index (χ2n) is 6.38. The lowest BCUT2D eigenvalue weighted by Gasteiger charge is -2.18. The first-order valence-corrected chi connectivity index (χ1v) is 9.24. The second-order valence-corrected chi connectivity index (χ2v) is 8.15. The number of benzene rings is 1. The Morgan fingerprint density at radius 1 is 1.19 bits per heavy atom. The number of hydrogen-bond donors (Lipinski definition) is 2. The van der Waals surface area contributed by atoms with Crippen LogP contribution in [0.5, 0.6) is 0 Å². The first kappa shape index (κ1) is 16.5. The quantitative estimate of drug-likeness (QED) is 0.846. The van der Waals surface area contributed by atoms with Crippen molar-refractivity contribution in [1.82, 2.24) is 4.72 Å². The molecule has 0 saturated heterocycles. The summed E-state index contributed by atoms with van der Waals surface area (Å²) in [6.45, 7) is 4.45. The van der Waals surface area contributed by atoms with E-state index in [0.29, 0.717) is 10.8 Å². The molecule has 2 rings (SSSR count). The average molecular weight is 310 g/mol. The third-order valence-corrected chi connectivity index (χ3v) is 5.36. The van der Waals surface area contributed by atoms with Gasteiger partial charge in [0.05, 0.1) is 4.90 Å². The molecule has 1 aliphatic carbocycles. The third kappa shape index (κ3) is 4.53. The van der Waals surface area contributed by atoms with Crippen LogP contribution in [0.2, 0.25) is 0 Å². The standard InChI is InChI=1S/C16H26N2O2S/c1-12(2)9-15(17)11-18-21(19,20)16-8-7-13-5-3-4-6-14(13)10-16/h7-8,10,12,15,18H,3-6,9,11,17H2,1-2H3. The molecule has 0 aliphatic heterocycles. The van der Waals surface area contributed by atoms with Gasteiger partial charge in [-0.25, -0.2) is 13.1 Å². The summed E-state index contributed by atoms with van der Waals surface area (Å²) in [5, 5.41) is 0. The SMILES string of the molecule is CC(C)CC(N)CNS(=O)(=O)c1ccc2c(c1)CCCC2. The van der Waals surface area contributed by atoms with Gasteiger partial charge in [0, 0.05) is 12.6 Å². The van der Waals surface area contributed by atoms with Gasteiger partial charge in [0.1, 0.15) is 0 Å². The topological polar surface area (TPSA) is 72.2 Å². The number of sulfonamides is 1. The molecule has 0 bridgehead atoms. The molecule has 0 radical (unpaired) electrons. The molecule has 1 aromatic rings. The van der Waals surface area contributed by atoms with Crippen molar-refractivity contribution in [3.63, 3.8) is 0 Å². The molecule has 1 atom stereocenters. The summed E-state index contributed by atoms with van der Waals surface area (Å²) in [7, 11) is -3.45. The number of fused-ring (bicyclic) bond motifs is 1. The van der Waals surface area contributed by atoms with E-state index in [1.54, 1.807) is 6.07 Å². The summed E-state index contributed by atoms with van der Waals surface area (Å²) in [5.74, 6) is 0.466. The van der Waals surface area contributed by atoms with Crippen molar-refractivity contribution in [2.24, 2.45) is 11.7 Å². The molecule has 3 N–H and O–H groups in total. The zero-order valence-electron chi connectivity index (χ0n) is 12.9. The minimum absolute atomic E-state index is 0.141. The van der Waals surface area contributed by atoms with E-state index in [4.69, 9.17) is 5.73 Å². The van der Waals surface area contributed by atoms with Gasteiger partial charge in [0.25, 0.3) is 0 Å². The van der Waals surface area contributed by atoms with Crippen molar-refractivity contribution in [2.75, 3.05) is 6.54 Å². The summed E-state index contributed by atoms with van der Waals surface area (Å²) in [6.07, 6.45) is 5.19. The highest BCUT2D eigenvalue weighted by Crippen LogP contribution is 2.24. The fourth-order valence-corrected chi connectivity index (χ4v) is 4.01. The summed E-state index contributed by atoms with van der Waals surface area (Å²) >= 11 is 0. The minimum atomic E-state index is -3.45. The van der Waals surface area contributed by atoms with Crippen LogP contribution in [0.15, 0.2) is 23.1 Å². The van der Waals surface area contributed by atoms with E-state index in [-0.39, 0.29) is 12.6 Å². The molecule has 0 heterocycles. The monoisotopic (exact) mass is 310 g/mol. The second kappa shape index (κ2) is 6.90. The molecule has 0 spiro atoms. The fraction of sp³-hybridized carbons (Fsp3) is 0.625. The highest BCUT2D eigenvalue weighted by molar-refractivity contribution is 7.89. The van der Waals surface area contributed by atoms with Gasteiger partial charge < -0.3 is 5.73 Å². The van der Waals surface area contributed by atoms with Crippen LogP contribution in [-0.4, -0.2) is 21.0 Å². The third-order valence-electron chi connectivity index (χ3n) is 3.94. The normalized spacial score (nSPS) is 16.8. The predicted octanol–water partition coefficient (Wildman–Crippen LogP) is 2.22. The van der Waals surface area contributed by atoms with Gasteiger partial charge in [-0.05, 0) is 61.3 Å². The molecule has 1 unspecified atom stereocenters. The van der Waals surface area contributed by atoms with E-state index in [1.807, 2.05) is 12.1 Å². The van der Waals surface area contributed by atoms with Crippen molar-refractivity contribution in [2.45, 2.75) is 56.9 Å². The van der Waals surface area contributed by atoms with Crippen LogP contribution in [0.25, 0.3) is 0 Å². The molecular weight excluding hydrogens is 284 g/mol. The van der Waals surface area contributed by atoms with Gasteiger partial charge in [-0.2, -0.15) is 0 Å². The Morgan fingerprint density at radius 3 is 2.52 bits per heavy atom. The Morgan fingerprint density at radius 2 is 1.86 bits per heavy atom. The molecule has 0 saturated carbocycles. The van der Waals surface area contributed by atoms with Crippen LogP contribution < -0.4 is 10.5 Å². The lowest BCUT2D eigenvalue weighted by Crippen LogP contribution is -2.38. The van der Waals surface area contributed by atoms with Crippen molar-refractivity contribution in [3.8, 4) is 0 Å². The fourth-order valence-electron chi connectivity index (χ4n) is 2.87. The van der Waals surface area contributed by atoms with Crippen LogP contribution in [0.3, 0.4) is 0 Å². The molecule has 0 amide bonds. The summed E-state index contributed by atoms with van der Waals surface area (Å²) < 4.78 is 27.3. The maximum Gasteiger partial charge on any atom is 0.240 e. The first-order valence-electron chi connectivity index (χ1n) is 7.75. The molecule has 118 valence electrons. The van der Waals surface area contributed by atoms with Crippen LogP contribution >= 0.6 is 0 Å². The smallest absolute Gasteiger partial charge is 0.240 e. The highest BCUT2D eigenvalue weighted by Gasteiger charge is 2.18. The average Bonchev–Trinajstić information content (AvgIpc) is 2.44. The van der Waals surface area contributed by atoms with Gasteiger partial charge in [-0.1, -0.05) is 19.9 Å². The van der Waals surface area contributed by atoms with Gasteiger partial charge >= 0.3 is 0 Å². The van der Waals surface area contributed by atoms with Gasteiger partial charge in [-0.3, -0.25) is 0 Å². The minimum Gasteiger partial charge on any atom is -0.327 e. The van der Waals surface area contributed by atoms with Crippen molar-refractivity contribution in [3.05, 3.63) is 29.3 Å². The molecule has 4 nitrogen and oxygen atoms in total. The van der Waals surface area contributed by atoms with E-state index < -0.39 is 10.0 Å². The lowest BCUT2D eigenvalue weighted by atomic mass is 9.92. The number of nitrogens with two attached hydrogens (primary N) is 1. The summed E-state index contributed by atoms with van der Waals surface area (Å²) in [4.78, 5) is 0.361. The predicted molar refractivity (Wildman–Crippen MR) is 85.7 cm³/mol. The Balaban J connectivity index is 2.05. The van der Waals surface area contributed by atoms with Gasteiger partial charge in [-0.15, -0.1) is 0 Å². The number of hydrogen-bond acceptors (Lipinski definition) is 3. The highest BCUT2D eigenvalue weighted by atomic mass is 32.2. The Hall–Kier alpha value is -0.910. The summed E-state index contributed by atoms with van der Waals surface area (Å²) in [5.41, 5.74) is 8.41. The first-order chi connectivity index (χ1) is 9.88. The molecule has 21 heavy (non-hydrogen) atoms. The van der Waals surface area contributed by atoms with E-state index in [0.717, 1.165) is 25.7 Å². The lowest BCUT2D eigenvalue weighted by molar-refractivity contribution is 0.486. The number of rotatable bonds is 6. The van der Waals surface area contributed by atoms with Gasteiger partial charge in [0.2, 0.25) is 10.0 Å². The van der Waals surface area contributed by atoms with Crippen molar-refractivity contribution < 1.29 is 8.42 Å². The van der Waals surface area contributed by atoms with Crippen LogP contribution in [-0.2, 0) is 22.9 Å². The van der Waals surface area contributed by atoms with E-state index in [1.165, 1.54) is 17.5 Å². The molecule has 1 aromatic carbocycles. The van der Waals surface area contributed by atoms with Crippen molar-refractivity contribution >= 4 is 10.0 Å². The van der Waals surface area contributed by atoms with Crippen LogP contribution in [0.1, 0.15) is 44.2 Å². The Labute approximate surface area is 128 Å². The van der Waals surface area contributed by atoms with Crippen molar-refractivity contribution in [1.29, 1.82) is 0 Å². The van der Waals surface area contributed by atoms with E-state index in [2.05, 4.69) is 18.6 Å². The molecule has 5 heteroatoms. The van der Waals surface area contributed by atoms with Gasteiger partial charge in [0.15, 0.2) is 0 Å². The Kier molecular flexibility index (Phi) is 5.41. The maximum atomic E-state index is 12.3. The van der Waals surface area contributed by atoms with E-state index in [9.17, 15) is 8.42 Å². The molecule has 1 aliphatic rings. The zero-order chi connectivity index (χ0) is 15.5. The Bertz CT molecular complexity index is 582. The largest absolute Gasteiger partial charge is 0.327 e. The molecule has 0 fully saturated rings. The zero-order valence-corrected chi connectivity index (χ0v) is 13.7. The summed E-state index contributed by atoms with van der Waals surface area (Å²) in [6, 6.07) is 5.35. The van der Waals surface area contributed by atoms with Crippen LogP contribution in [0, 0.1) is 5.92 Å². The van der Waals surface area contributed by atoms with E-state index >= 15 is 0 Å². The molecular formula is C16H26N2O2S. The maximum absolute atomic E-state index is 12.3. The number of nitrogens with one attached hydrogen (secondary N) is 1. The molecule has 0 aromatic heterocycles.